The molecule has 24 heavy (non-hydrogen) atoms. The summed E-state index contributed by atoms with van der Waals surface area (Å²) in [7, 11) is 0. The minimum atomic E-state index is 0.609. The fraction of sp³-hybridized carbons (Fsp3) is 0.824. The van der Waals surface area contributed by atoms with E-state index in [9.17, 15) is 0 Å². The fourth-order valence-electron chi connectivity index (χ4n) is 3.32. The molecule has 1 saturated heterocycles. The number of aromatic nitrogens is 3. The van der Waals surface area contributed by atoms with Crippen LogP contribution in [0.15, 0.2) is 11.3 Å². The van der Waals surface area contributed by atoms with Gasteiger partial charge in [-0.05, 0) is 38.8 Å². The van der Waals surface area contributed by atoms with Crippen LogP contribution in [0.1, 0.15) is 45.4 Å². The lowest BCUT2D eigenvalue weighted by molar-refractivity contribution is 0.273. The molecule has 0 radical (unpaired) electrons. The molecule has 3 rings (SSSR count). The zero-order valence-electron chi connectivity index (χ0n) is 15.0. The maximum absolute atomic E-state index is 4.86. The van der Waals surface area contributed by atoms with Crippen molar-refractivity contribution in [3.05, 3.63) is 12.2 Å². The summed E-state index contributed by atoms with van der Waals surface area (Å²) < 4.78 is 2.11. The first-order chi connectivity index (χ1) is 11.8. The van der Waals surface area contributed by atoms with Crippen molar-refractivity contribution >= 4 is 5.96 Å². The van der Waals surface area contributed by atoms with Crippen molar-refractivity contribution in [2.24, 2.45) is 4.99 Å². The zero-order valence-corrected chi connectivity index (χ0v) is 15.0. The zero-order chi connectivity index (χ0) is 16.8. The number of likely N-dealkylation sites (tertiary alicyclic amines) is 1. The summed E-state index contributed by atoms with van der Waals surface area (Å²) in [5, 5.41) is 15.1. The highest BCUT2D eigenvalue weighted by atomic mass is 15.3. The second kappa shape index (κ2) is 8.46. The lowest BCUT2D eigenvalue weighted by atomic mass is 10.2. The standard InChI is InChI=1S/C17H31N7/c1-3-16-22-20-13-24(16)11-9-18-17(21-14-7-8-14)19-12-15-6-5-10-23(15)4-2/h13-15H,3-12H2,1-2H3,(H2,18,19,21). The molecule has 2 aliphatic rings. The Morgan fingerprint density at radius 1 is 1.33 bits per heavy atom. The van der Waals surface area contributed by atoms with Crippen molar-refractivity contribution in [1.29, 1.82) is 0 Å². The topological polar surface area (TPSA) is 70.4 Å². The Hall–Kier alpha value is -1.63. The van der Waals surface area contributed by atoms with E-state index in [1.165, 1.54) is 32.2 Å². The molecule has 7 heteroatoms. The van der Waals surface area contributed by atoms with Crippen LogP contribution in [0, 0.1) is 0 Å². The third-order valence-electron chi connectivity index (χ3n) is 4.94. The first-order valence-electron chi connectivity index (χ1n) is 9.45. The molecule has 1 saturated carbocycles. The van der Waals surface area contributed by atoms with Gasteiger partial charge in [0, 0.05) is 31.6 Å². The van der Waals surface area contributed by atoms with Gasteiger partial charge in [-0.25, -0.2) is 0 Å². The quantitative estimate of drug-likeness (QED) is 0.549. The lowest BCUT2D eigenvalue weighted by Crippen LogP contribution is -2.41. The van der Waals surface area contributed by atoms with Crippen LogP contribution in [0.3, 0.4) is 0 Å². The van der Waals surface area contributed by atoms with Gasteiger partial charge in [-0.3, -0.25) is 9.89 Å². The summed E-state index contributed by atoms with van der Waals surface area (Å²) in [4.78, 5) is 7.40. The van der Waals surface area contributed by atoms with Gasteiger partial charge in [0.05, 0.1) is 6.54 Å². The molecule has 1 aliphatic carbocycles. The van der Waals surface area contributed by atoms with Crippen molar-refractivity contribution in [2.75, 3.05) is 26.2 Å². The van der Waals surface area contributed by atoms with Gasteiger partial charge < -0.3 is 15.2 Å². The van der Waals surface area contributed by atoms with Crippen LogP contribution < -0.4 is 10.6 Å². The van der Waals surface area contributed by atoms with Gasteiger partial charge in [-0.1, -0.05) is 13.8 Å². The molecule has 2 fully saturated rings. The van der Waals surface area contributed by atoms with Crippen LogP contribution in [0.4, 0.5) is 0 Å². The number of hydrogen-bond acceptors (Lipinski definition) is 4. The maximum atomic E-state index is 4.86. The van der Waals surface area contributed by atoms with E-state index >= 15 is 0 Å². The summed E-state index contributed by atoms with van der Waals surface area (Å²) in [6.07, 6.45) is 7.82. The molecule has 134 valence electrons. The maximum Gasteiger partial charge on any atom is 0.191 e. The van der Waals surface area contributed by atoms with Crippen LogP contribution in [0.2, 0.25) is 0 Å². The third kappa shape index (κ3) is 4.69. The van der Waals surface area contributed by atoms with Crippen molar-refractivity contribution in [2.45, 2.75) is 64.6 Å². The van der Waals surface area contributed by atoms with Crippen molar-refractivity contribution in [3.63, 3.8) is 0 Å². The van der Waals surface area contributed by atoms with E-state index in [2.05, 4.69) is 44.1 Å². The fourth-order valence-corrected chi connectivity index (χ4v) is 3.32. The molecule has 0 spiro atoms. The highest BCUT2D eigenvalue weighted by Gasteiger charge is 2.24. The predicted molar refractivity (Wildman–Crippen MR) is 96.1 cm³/mol. The number of aryl methyl sites for hydroxylation is 1. The van der Waals surface area contributed by atoms with E-state index < -0.39 is 0 Å². The molecule has 7 nitrogen and oxygen atoms in total. The average molecular weight is 333 g/mol. The van der Waals surface area contributed by atoms with E-state index in [1.807, 2.05) is 6.33 Å². The number of nitrogens with one attached hydrogen (secondary N) is 2. The summed E-state index contributed by atoms with van der Waals surface area (Å²) in [5.41, 5.74) is 0. The molecule has 1 aromatic rings. The summed E-state index contributed by atoms with van der Waals surface area (Å²) in [5.74, 6) is 2.00. The third-order valence-corrected chi connectivity index (χ3v) is 4.94. The Labute approximate surface area is 144 Å². The molecule has 0 bridgehead atoms. The van der Waals surface area contributed by atoms with E-state index in [-0.39, 0.29) is 0 Å². The van der Waals surface area contributed by atoms with E-state index in [1.54, 1.807) is 0 Å². The largest absolute Gasteiger partial charge is 0.355 e. The van der Waals surface area contributed by atoms with Crippen molar-refractivity contribution in [1.82, 2.24) is 30.3 Å². The number of rotatable bonds is 8. The summed E-state index contributed by atoms with van der Waals surface area (Å²) in [6, 6.07) is 1.22. The van der Waals surface area contributed by atoms with E-state index in [0.29, 0.717) is 12.1 Å². The van der Waals surface area contributed by atoms with Crippen LogP contribution >= 0.6 is 0 Å². The number of aliphatic imine (C=N–C) groups is 1. The van der Waals surface area contributed by atoms with E-state index in [4.69, 9.17) is 4.99 Å². The number of hydrogen-bond donors (Lipinski definition) is 2. The molecule has 1 unspecified atom stereocenters. The molecule has 2 N–H and O–H groups in total. The second-order valence-corrected chi connectivity index (χ2v) is 6.75. The molecular weight excluding hydrogens is 302 g/mol. The summed E-state index contributed by atoms with van der Waals surface area (Å²) >= 11 is 0. The Kier molecular flexibility index (Phi) is 6.07. The first kappa shape index (κ1) is 17.2. The number of likely N-dealkylation sites (N-methyl/N-ethyl adjacent to an activating group) is 1. The molecular formula is C17H31N7. The lowest BCUT2D eigenvalue weighted by Gasteiger charge is -2.21. The minimum absolute atomic E-state index is 0.609. The van der Waals surface area contributed by atoms with Crippen LogP contribution in [0.5, 0.6) is 0 Å². The van der Waals surface area contributed by atoms with E-state index in [0.717, 1.165) is 44.4 Å². The van der Waals surface area contributed by atoms with Gasteiger partial charge in [0.25, 0.3) is 0 Å². The smallest absolute Gasteiger partial charge is 0.191 e. The van der Waals surface area contributed by atoms with Crippen molar-refractivity contribution in [3.8, 4) is 0 Å². The van der Waals surface area contributed by atoms with Crippen LogP contribution in [-0.4, -0.2) is 63.9 Å². The van der Waals surface area contributed by atoms with Gasteiger partial charge in [-0.15, -0.1) is 10.2 Å². The van der Waals surface area contributed by atoms with Crippen LogP contribution in [0.25, 0.3) is 0 Å². The molecule has 0 aromatic carbocycles. The summed E-state index contributed by atoms with van der Waals surface area (Å²) in [6.45, 7) is 9.31. The highest BCUT2D eigenvalue weighted by molar-refractivity contribution is 5.80. The minimum Gasteiger partial charge on any atom is -0.355 e. The molecule has 1 aromatic heterocycles. The SMILES string of the molecule is CCc1nncn1CCNC(=NCC1CCCN1CC)NC1CC1. The molecule has 0 amide bonds. The highest BCUT2D eigenvalue weighted by Crippen LogP contribution is 2.19. The average Bonchev–Trinajstić information content (AvgIpc) is 3.12. The molecule has 1 atom stereocenters. The number of nitrogens with zero attached hydrogens (tertiary/aromatic N) is 5. The van der Waals surface area contributed by atoms with Gasteiger partial charge in [0.15, 0.2) is 5.96 Å². The Morgan fingerprint density at radius 3 is 2.96 bits per heavy atom. The normalized spacial score (nSPS) is 22.1. The Bertz CT molecular complexity index is 535. The van der Waals surface area contributed by atoms with Crippen LogP contribution in [-0.2, 0) is 13.0 Å². The monoisotopic (exact) mass is 333 g/mol. The van der Waals surface area contributed by atoms with Gasteiger partial charge in [0.1, 0.15) is 12.2 Å². The second-order valence-electron chi connectivity index (χ2n) is 6.75. The van der Waals surface area contributed by atoms with Gasteiger partial charge in [-0.2, -0.15) is 0 Å². The first-order valence-corrected chi connectivity index (χ1v) is 9.45. The Morgan fingerprint density at radius 2 is 2.21 bits per heavy atom. The van der Waals surface area contributed by atoms with Gasteiger partial charge in [0.2, 0.25) is 0 Å². The predicted octanol–water partition coefficient (Wildman–Crippen LogP) is 1.02. The van der Waals surface area contributed by atoms with Crippen molar-refractivity contribution < 1.29 is 0 Å². The Balaban J connectivity index is 1.50. The number of guanidine groups is 1. The van der Waals surface area contributed by atoms with Gasteiger partial charge >= 0.3 is 0 Å². The molecule has 1 aliphatic heterocycles. The molecule has 2 heterocycles.